The van der Waals surface area contributed by atoms with Crippen molar-refractivity contribution >= 4 is 17.2 Å². The lowest BCUT2D eigenvalue weighted by atomic mass is 9.95. The highest BCUT2D eigenvalue weighted by atomic mass is 35.5. The van der Waals surface area contributed by atoms with Gasteiger partial charge in [-0.2, -0.15) is 13.2 Å². The van der Waals surface area contributed by atoms with Gasteiger partial charge in [0.25, 0.3) is 0 Å². The minimum Gasteiger partial charge on any atom is -0.251 e. The van der Waals surface area contributed by atoms with Crippen LogP contribution < -0.4 is 5.69 Å². The summed E-state index contributed by atoms with van der Waals surface area (Å²) < 4.78 is 41.2. The third kappa shape index (κ3) is 4.44. The molecule has 2 aromatic carbocycles. The van der Waals surface area contributed by atoms with Crippen LogP contribution in [0.1, 0.15) is 16.8 Å². The van der Waals surface area contributed by atoms with Gasteiger partial charge in [-0.15, -0.1) is 5.10 Å². The summed E-state index contributed by atoms with van der Waals surface area (Å²) >= 11 is 6.10. The Hall–Kier alpha value is -3.91. The molecule has 0 aliphatic heterocycles. The van der Waals surface area contributed by atoms with E-state index in [4.69, 9.17) is 11.6 Å². The highest BCUT2D eigenvalue weighted by molar-refractivity contribution is 6.30. The lowest BCUT2D eigenvalue weighted by Crippen LogP contribution is -2.21. The maximum Gasteiger partial charge on any atom is 0.433 e. The first-order chi connectivity index (χ1) is 16.7. The van der Waals surface area contributed by atoms with Crippen molar-refractivity contribution in [2.45, 2.75) is 19.6 Å². The average Bonchev–Trinajstić information content (AvgIpc) is 3.14. The normalized spacial score (nSPS) is 11.8. The molecule has 9 heteroatoms. The predicted octanol–water partition coefficient (Wildman–Crippen LogP) is 6.25. The SMILES string of the molecule is Cc1ccc(-c2ccn3c(=O)n(Cc4ccc(C(F)(F)F)nc4)nc3c2-c2ccc(Cl)cc2)cc1. The molecule has 0 bridgehead atoms. The van der Waals surface area contributed by atoms with E-state index in [2.05, 4.69) is 10.1 Å². The highest BCUT2D eigenvalue weighted by Crippen LogP contribution is 2.35. The Kier molecular flexibility index (Phi) is 5.68. The fraction of sp³-hybridized carbons (Fsp3) is 0.115. The number of fused-ring (bicyclic) bond motifs is 1. The Labute approximate surface area is 203 Å². The zero-order valence-corrected chi connectivity index (χ0v) is 19.2. The molecule has 0 saturated carbocycles. The maximum atomic E-state index is 13.1. The van der Waals surface area contributed by atoms with E-state index in [1.807, 2.05) is 49.4 Å². The van der Waals surface area contributed by atoms with Crippen LogP contribution in [0.5, 0.6) is 0 Å². The van der Waals surface area contributed by atoms with Crippen molar-refractivity contribution in [1.82, 2.24) is 19.2 Å². The molecule has 0 atom stereocenters. The average molecular weight is 495 g/mol. The molecule has 0 fully saturated rings. The van der Waals surface area contributed by atoms with Crippen molar-refractivity contribution in [3.05, 3.63) is 111 Å². The van der Waals surface area contributed by atoms with E-state index in [0.717, 1.165) is 40.1 Å². The minimum absolute atomic E-state index is 0.0222. The summed E-state index contributed by atoms with van der Waals surface area (Å²) in [4.78, 5) is 16.6. The Morgan fingerprint density at radius 1 is 0.914 bits per heavy atom. The molecule has 3 heterocycles. The molecular formula is C26H18ClF3N4O. The molecule has 0 amide bonds. The summed E-state index contributed by atoms with van der Waals surface area (Å²) in [7, 11) is 0. The molecule has 5 nitrogen and oxygen atoms in total. The topological polar surface area (TPSA) is 52.2 Å². The molecule has 5 aromatic rings. The van der Waals surface area contributed by atoms with E-state index in [9.17, 15) is 18.0 Å². The summed E-state index contributed by atoms with van der Waals surface area (Å²) in [6.07, 6.45) is -1.77. The second kappa shape index (κ2) is 8.70. The molecule has 5 rings (SSSR count). The van der Waals surface area contributed by atoms with Gasteiger partial charge in [-0.3, -0.25) is 4.98 Å². The Balaban J connectivity index is 1.66. The second-order valence-corrected chi connectivity index (χ2v) is 8.60. The first-order valence-corrected chi connectivity index (χ1v) is 11.1. The Bertz CT molecular complexity index is 1570. The molecule has 35 heavy (non-hydrogen) atoms. The van der Waals surface area contributed by atoms with Crippen LogP contribution in [0.3, 0.4) is 0 Å². The highest BCUT2D eigenvalue weighted by Gasteiger charge is 2.32. The van der Waals surface area contributed by atoms with E-state index >= 15 is 0 Å². The molecule has 0 N–H and O–H groups in total. The molecule has 0 spiro atoms. The van der Waals surface area contributed by atoms with Crippen molar-refractivity contribution in [2.75, 3.05) is 0 Å². The number of nitrogens with zero attached hydrogens (tertiary/aromatic N) is 4. The first-order valence-electron chi connectivity index (χ1n) is 10.7. The van der Waals surface area contributed by atoms with Crippen LogP contribution in [-0.2, 0) is 12.7 Å². The molecule has 0 saturated heterocycles. The first kappa shape index (κ1) is 22.9. The van der Waals surface area contributed by atoms with Crippen LogP contribution in [0, 0.1) is 6.92 Å². The lowest BCUT2D eigenvalue weighted by molar-refractivity contribution is -0.141. The molecule has 0 unspecified atom stereocenters. The van der Waals surface area contributed by atoms with Crippen molar-refractivity contribution in [3.8, 4) is 22.3 Å². The molecular weight excluding hydrogens is 477 g/mol. The van der Waals surface area contributed by atoms with Crippen LogP contribution in [0.25, 0.3) is 27.9 Å². The van der Waals surface area contributed by atoms with Gasteiger partial charge in [0.05, 0.1) is 6.54 Å². The standard InChI is InChI=1S/C26H18ClF3N4O/c1-16-2-5-18(6-3-16)21-12-13-33-24(23(21)19-7-9-20(27)10-8-19)32-34(25(33)35)15-17-4-11-22(31-14-17)26(28,29)30/h2-14H,15H2,1H3. The maximum absolute atomic E-state index is 13.1. The largest absolute Gasteiger partial charge is 0.433 e. The molecule has 0 aliphatic carbocycles. The number of aryl methyl sites for hydroxylation is 1. The summed E-state index contributed by atoms with van der Waals surface area (Å²) in [6, 6.07) is 19.3. The van der Waals surface area contributed by atoms with Gasteiger partial charge in [0.1, 0.15) is 5.69 Å². The van der Waals surface area contributed by atoms with Crippen LogP contribution in [0.15, 0.2) is 83.9 Å². The minimum atomic E-state index is -4.53. The van der Waals surface area contributed by atoms with Gasteiger partial charge in [-0.25, -0.2) is 13.9 Å². The van der Waals surface area contributed by atoms with Gasteiger partial charge >= 0.3 is 11.9 Å². The molecule has 3 aromatic heterocycles. The monoisotopic (exact) mass is 494 g/mol. The fourth-order valence-electron chi connectivity index (χ4n) is 3.91. The van der Waals surface area contributed by atoms with Crippen molar-refractivity contribution in [1.29, 1.82) is 0 Å². The van der Waals surface area contributed by atoms with Gasteiger partial charge in [-0.1, -0.05) is 59.6 Å². The van der Waals surface area contributed by atoms with Crippen molar-refractivity contribution in [2.24, 2.45) is 0 Å². The number of hydrogen-bond donors (Lipinski definition) is 0. The number of pyridine rings is 2. The van der Waals surface area contributed by atoms with Crippen molar-refractivity contribution in [3.63, 3.8) is 0 Å². The van der Waals surface area contributed by atoms with Crippen LogP contribution in [0.4, 0.5) is 13.2 Å². The van der Waals surface area contributed by atoms with E-state index in [1.54, 1.807) is 18.3 Å². The third-order valence-electron chi connectivity index (χ3n) is 5.70. The quantitative estimate of drug-likeness (QED) is 0.296. The van der Waals surface area contributed by atoms with Gasteiger partial charge in [0, 0.05) is 23.0 Å². The van der Waals surface area contributed by atoms with Gasteiger partial charge in [0.15, 0.2) is 5.65 Å². The number of halogens is 4. The van der Waals surface area contributed by atoms with E-state index < -0.39 is 17.6 Å². The smallest absolute Gasteiger partial charge is 0.251 e. The third-order valence-corrected chi connectivity index (χ3v) is 5.95. The summed E-state index contributed by atoms with van der Waals surface area (Å²) in [5.74, 6) is 0. The zero-order valence-electron chi connectivity index (χ0n) is 18.4. The number of aromatic nitrogens is 4. The van der Waals surface area contributed by atoms with Gasteiger partial charge < -0.3 is 0 Å². The Morgan fingerprint density at radius 2 is 1.60 bits per heavy atom. The number of hydrogen-bond acceptors (Lipinski definition) is 3. The summed E-state index contributed by atoms with van der Waals surface area (Å²) in [5.41, 5.74) is 3.98. The molecule has 0 aliphatic rings. The second-order valence-electron chi connectivity index (χ2n) is 8.16. The van der Waals surface area contributed by atoms with E-state index in [1.165, 1.54) is 15.1 Å². The molecule has 176 valence electrons. The summed E-state index contributed by atoms with van der Waals surface area (Å²) in [6.45, 7) is 1.98. The fourth-order valence-corrected chi connectivity index (χ4v) is 4.04. The van der Waals surface area contributed by atoms with E-state index in [-0.39, 0.29) is 6.54 Å². The lowest BCUT2D eigenvalue weighted by Gasteiger charge is -2.12. The number of alkyl halides is 3. The van der Waals surface area contributed by atoms with Crippen LogP contribution in [-0.4, -0.2) is 19.2 Å². The van der Waals surface area contributed by atoms with Gasteiger partial charge in [0.2, 0.25) is 0 Å². The summed E-state index contributed by atoms with van der Waals surface area (Å²) in [5, 5.41) is 5.14. The van der Waals surface area contributed by atoms with Crippen LogP contribution >= 0.6 is 11.6 Å². The van der Waals surface area contributed by atoms with Gasteiger partial charge in [-0.05, 0) is 53.4 Å². The van der Waals surface area contributed by atoms with Crippen molar-refractivity contribution < 1.29 is 13.2 Å². The zero-order chi connectivity index (χ0) is 24.7. The van der Waals surface area contributed by atoms with E-state index in [0.29, 0.717) is 16.2 Å². The predicted molar refractivity (Wildman–Crippen MR) is 128 cm³/mol. The number of benzene rings is 2. The Morgan fingerprint density at radius 3 is 2.23 bits per heavy atom. The number of rotatable bonds is 4. The molecule has 0 radical (unpaired) electrons. The van der Waals surface area contributed by atoms with Crippen LogP contribution in [0.2, 0.25) is 5.02 Å².